The average Bonchev–Trinajstić information content (AvgIpc) is 3.13. The van der Waals surface area contributed by atoms with Gasteiger partial charge in [0.15, 0.2) is 5.17 Å². The number of hydrogen-bond donors (Lipinski definition) is 1. The van der Waals surface area contributed by atoms with Crippen molar-refractivity contribution in [3.63, 3.8) is 0 Å². The standard InChI is InChI=1S/C26H21ClN2O4S/c1-2-29-24(30)23(34-26(29)28-20-11-7-10-18(14-20)25(31)32)15-17-8-4-6-13-22(17)33-16-19-9-3-5-12-21(19)27/h3-15H,2,16H2,1H3,(H,31,32)/b23-15+,28-26?. The predicted octanol–water partition coefficient (Wildman–Crippen LogP) is 6.24. The van der Waals surface area contributed by atoms with Crippen LogP contribution >= 0.6 is 23.4 Å². The molecule has 6 nitrogen and oxygen atoms in total. The quantitative estimate of drug-likeness (QED) is 0.395. The number of amides is 1. The van der Waals surface area contributed by atoms with E-state index >= 15 is 0 Å². The number of halogens is 1. The van der Waals surface area contributed by atoms with Crippen LogP contribution in [0.5, 0.6) is 5.75 Å². The number of amidine groups is 1. The van der Waals surface area contributed by atoms with Crippen molar-refractivity contribution in [1.29, 1.82) is 0 Å². The molecule has 8 heteroatoms. The van der Waals surface area contributed by atoms with Gasteiger partial charge in [-0.25, -0.2) is 9.79 Å². The fourth-order valence-electron chi connectivity index (χ4n) is 3.33. The van der Waals surface area contributed by atoms with Gasteiger partial charge in [0.05, 0.1) is 16.2 Å². The van der Waals surface area contributed by atoms with Crippen LogP contribution in [0.4, 0.5) is 5.69 Å². The second-order valence-electron chi connectivity index (χ2n) is 7.33. The first-order chi connectivity index (χ1) is 16.5. The molecule has 0 unspecified atom stereocenters. The van der Waals surface area contributed by atoms with Crippen molar-refractivity contribution in [2.75, 3.05) is 6.54 Å². The number of nitrogens with zero attached hydrogens (tertiary/aromatic N) is 2. The molecule has 172 valence electrons. The van der Waals surface area contributed by atoms with Crippen molar-refractivity contribution in [3.05, 3.63) is 99.4 Å². The van der Waals surface area contributed by atoms with Gasteiger partial charge in [0.25, 0.3) is 5.91 Å². The molecule has 1 aliphatic rings. The van der Waals surface area contributed by atoms with Crippen molar-refractivity contribution in [2.24, 2.45) is 4.99 Å². The fourth-order valence-corrected chi connectivity index (χ4v) is 4.58. The number of ether oxygens (including phenoxy) is 1. The Morgan fingerprint density at radius 1 is 1.12 bits per heavy atom. The van der Waals surface area contributed by atoms with Crippen molar-refractivity contribution < 1.29 is 19.4 Å². The van der Waals surface area contributed by atoms with Gasteiger partial charge in [-0.1, -0.05) is 54.1 Å². The maximum absolute atomic E-state index is 13.1. The molecule has 0 aliphatic carbocycles. The topological polar surface area (TPSA) is 79.2 Å². The van der Waals surface area contributed by atoms with Gasteiger partial charge in [-0.3, -0.25) is 9.69 Å². The molecule has 1 saturated heterocycles. The summed E-state index contributed by atoms with van der Waals surface area (Å²) >= 11 is 7.48. The first-order valence-corrected chi connectivity index (χ1v) is 11.7. The molecule has 1 aliphatic heterocycles. The Balaban J connectivity index is 1.60. The fraction of sp³-hybridized carbons (Fsp3) is 0.115. The van der Waals surface area contributed by atoms with E-state index in [0.29, 0.717) is 39.7 Å². The number of aliphatic imine (C=N–C) groups is 1. The van der Waals surface area contributed by atoms with E-state index < -0.39 is 5.97 Å². The molecule has 0 atom stereocenters. The summed E-state index contributed by atoms with van der Waals surface area (Å²) in [4.78, 5) is 30.9. The molecular weight excluding hydrogens is 472 g/mol. The second kappa shape index (κ2) is 10.6. The van der Waals surface area contributed by atoms with Crippen molar-refractivity contribution in [1.82, 2.24) is 4.90 Å². The van der Waals surface area contributed by atoms with E-state index in [9.17, 15) is 14.7 Å². The van der Waals surface area contributed by atoms with E-state index in [4.69, 9.17) is 16.3 Å². The lowest BCUT2D eigenvalue weighted by atomic mass is 10.1. The number of thioether (sulfide) groups is 1. The zero-order valence-corrected chi connectivity index (χ0v) is 19.8. The van der Waals surface area contributed by atoms with Gasteiger partial charge in [-0.05, 0) is 55.1 Å². The maximum Gasteiger partial charge on any atom is 0.335 e. The van der Waals surface area contributed by atoms with Gasteiger partial charge in [0.1, 0.15) is 12.4 Å². The molecule has 0 radical (unpaired) electrons. The zero-order valence-electron chi connectivity index (χ0n) is 18.3. The van der Waals surface area contributed by atoms with Crippen LogP contribution in [-0.2, 0) is 11.4 Å². The number of rotatable bonds is 7. The lowest BCUT2D eigenvalue weighted by Gasteiger charge is -2.12. The van der Waals surface area contributed by atoms with Gasteiger partial charge >= 0.3 is 5.97 Å². The van der Waals surface area contributed by atoms with E-state index in [0.717, 1.165) is 11.1 Å². The highest BCUT2D eigenvalue weighted by atomic mass is 35.5. The molecule has 1 amide bonds. The first kappa shape index (κ1) is 23.6. The van der Waals surface area contributed by atoms with Gasteiger partial charge in [0.2, 0.25) is 0 Å². The summed E-state index contributed by atoms with van der Waals surface area (Å²) in [6, 6.07) is 21.3. The maximum atomic E-state index is 13.1. The van der Waals surface area contributed by atoms with E-state index in [1.54, 1.807) is 23.1 Å². The molecule has 1 heterocycles. The summed E-state index contributed by atoms with van der Waals surface area (Å²) in [5.41, 5.74) is 2.24. The van der Waals surface area contributed by atoms with Gasteiger partial charge in [-0.15, -0.1) is 0 Å². The van der Waals surface area contributed by atoms with E-state index in [-0.39, 0.29) is 11.5 Å². The van der Waals surface area contributed by atoms with Crippen LogP contribution in [-0.4, -0.2) is 33.6 Å². The number of carbonyl (C=O) groups excluding carboxylic acids is 1. The summed E-state index contributed by atoms with van der Waals surface area (Å²) in [7, 11) is 0. The summed E-state index contributed by atoms with van der Waals surface area (Å²) in [6.45, 7) is 2.60. The Hall–Kier alpha value is -3.55. The number of hydrogen-bond acceptors (Lipinski definition) is 5. The molecule has 34 heavy (non-hydrogen) atoms. The number of aromatic carboxylic acids is 1. The minimum atomic E-state index is -1.03. The second-order valence-corrected chi connectivity index (χ2v) is 8.74. The minimum Gasteiger partial charge on any atom is -0.488 e. The summed E-state index contributed by atoms with van der Waals surface area (Å²) < 4.78 is 6.01. The molecule has 0 bridgehead atoms. The normalized spacial score (nSPS) is 15.8. The number of likely N-dealkylation sites (N-methyl/N-ethyl adjacent to an activating group) is 1. The number of carboxylic acid groups (broad SMARTS) is 1. The van der Waals surface area contributed by atoms with Crippen molar-refractivity contribution in [2.45, 2.75) is 13.5 Å². The molecule has 0 aromatic heterocycles. The Labute approximate surface area is 206 Å². The number of para-hydroxylation sites is 1. The van der Waals surface area contributed by atoms with E-state index in [1.807, 2.05) is 55.5 Å². The molecule has 1 N–H and O–H groups in total. The van der Waals surface area contributed by atoms with Gasteiger partial charge < -0.3 is 9.84 Å². The van der Waals surface area contributed by atoms with Crippen LogP contribution in [0.3, 0.4) is 0 Å². The van der Waals surface area contributed by atoms with Crippen LogP contribution in [0.1, 0.15) is 28.4 Å². The Morgan fingerprint density at radius 2 is 1.88 bits per heavy atom. The smallest absolute Gasteiger partial charge is 0.335 e. The largest absolute Gasteiger partial charge is 0.488 e. The number of carbonyl (C=O) groups is 2. The highest BCUT2D eigenvalue weighted by Gasteiger charge is 2.32. The Bertz CT molecular complexity index is 1310. The summed E-state index contributed by atoms with van der Waals surface area (Å²) in [5.74, 6) is -0.564. The lowest BCUT2D eigenvalue weighted by Crippen LogP contribution is -2.28. The highest BCUT2D eigenvalue weighted by Crippen LogP contribution is 2.35. The number of benzene rings is 3. The highest BCUT2D eigenvalue weighted by molar-refractivity contribution is 8.18. The molecule has 4 rings (SSSR count). The molecule has 1 fully saturated rings. The summed E-state index contributed by atoms with van der Waals surface area (Å²) in [6.07, 6.45) is 1.79. The zero-order chi connectivity index (χ0) is 24.1. The molecule has 3 aromatic rings. The van der Waals surface area contributed by atoms with Crippen molar-refractivity contribution in [3.8, 4) is 5.75 Å². The summed E-state index contributed by atoms with van der Waals surface area (Å²) in [5, 5.41) is 10.4. The van der Waals surface area contributed by atoms with Crippen LogP contribution in [0.2, 0.25) is 5.02 Å². The SMILES string of the molecule is CCN1C(=O)/C(=C\c2ccccc2OCc2ccccc2Cl)SC1=Nc1cccc(C(=O)O)c1. The molecule has 3 aromatic carbocycles. The van der Waals surface area contributed by atoms with Gasteiger partial charge in [-0.2, -0.15) is 0 Å². The molecule has 0 spiro atoms. The predicted molar refractivity (Wildman–Crippen MR) is 136 cm³/mol. The Morgan fingerprint density at radius 3 is 2.65 bits per heavy atom. The van der Waals surface area contributed by atoms with E-state index in [2.05, 4.69) is 4.99 Å². The third-order valence-electron chi connectivity index (χ3n) is 5.07. The average molecular weight is 493 g/mol. The number of carboxylic acids is 1. The van der Waals surface area contributed by atoms with Crippen LogP contribution in [0, 0.1) is 0 Å². The van der Waals surface area contributed by atoms with E-state index in [1.165, 1.54) is 23.9 Å². The van der Waals surface area contributed by atoms with Gasteiger partial charge in [0, 0.05) is 22.7 Å². The Kier molecular flexibility index (Phi) is 7.35. The molecular formula is C26H21ClN2O4S. The minimum absolute atomic E-state index is 0.139. The first-order valence-electron chi connectivity index (χ1n) is 10.5. The van der Waals surface area contributed by atoms with Crippen LogP contribution in [0.25, 0.3) is 6.08 Å². The van der Waals surface area contributed by atoms with Crippen LogP contribution < -0.4 is 4.74 Å². The van der Waals surface area contributed by atoms with Crippen LogP contribution in [0.15, 0.2) is 82.7 Å². The third-order valence-corrected chi connectivity index (χ3v) is 6.44. The van der Waals surface area contributed by atoms with Crippen molar-refractivity contribution >= 4 is 52.2 Å². The third kappa shape index (κ3) is 5.32. The lowest BCUT2D eigenvalue weighted by molar-refractivity contribution is -0.122. The monoisotopic (exact) mass is 492 g/mol. The molecule has 0 saturated carbocycles.